The highest BCUT2D eigenvalue weighted by Crippen LogP contribution is 2.52. The molecule has 1 aromatic heterocycles. The zero-order valence-corrected chi connectivity index (χ0v) is 17.0. The summed E-state index contributed by atoms with van der Waals surface area (Å²) in [7, 11) is 0. The van der Waals surface area contributed by atoms with Gasteiger partial charge >= 0.3 is 12.1 Å². The highest BCUT2D eigenvalue weighted by atomic mass is 19.4. The van der Waals surface area contributed by atoms with Crippen molar-refractivity contribution in [1.82, 2.24) is 15.0 Å². The normalized spacial score (nSPS) is 19.7. The van der Waals surface area contributed by atoms with Crippen LogP contribution in [0.5, 0.6) is 0 Å². The summed E-state index contributed by atoms with van der Waals surface area (Å²) in [5, 5.41) is 3.36. The van der Waals surface area contributed by atoms with E-state index < -0.39 is 12.1 Å². The molecular formula is C22H26F3N3O2. The Morgan fingerprint density at radius 1 is 1.23 bits per heavy atom. The maximum absolute atomic E-state index is 12.6. The highest BCUT2D eigenvalue weighted by molar-refractivity contribution is 5.96. The van der Waals surface area contributed by atoms with Gasteiger partial charge in [-0.2, -0.15) is 18.2 Å². The fourth-order valence-corrected chi connectivity index (χ4v) is 4.37. The largest absolute Gasteiger partial charge is 0.471 e. The molecule has 0 amide bonds. The molecule has 0 radical (unpaired) electrons. The molecule has 4 rings (SSSR count). The number of rotatable bonds is 7. The van der Waals surface area contributed by atoms with Gasteiger partial charge in [0.2, 0.25) is 5.82 Å². The zero-order chi connectivity index (χ0) is 21.4. The second-order valence-electron chi connectivity index (χ2n) is 8.90. The van der Waals surface area contributed by atoms with Crippen LogP contribution in [0.1, 0.15) is 61.7 Å². The number of nitrogens with zero attached hydrogens (tertiary/aromatic N) is 3. The quantitative estimate of drug-likeness (QED) is 0.573. The Morgan fingerprint density at radius 3 is 2.60 bits per heavy atom. The molecule has 30 heavy (non-hydrogen) atoms. The van der Waals surface area contributed by atoms with E-state index in [1.54, 1.807) is 24.3 Å². The third-order valence-electron chi connectivity index (χ3n) is 6.27. The number of carbonyl (C=O) groups is 1. The molecule has 0 unspecified atom stereocenters. The number of carbonyl (C=O) groups excluding carboxylic acids is 1. The van der Waals surface area contributed by atoms with Crippen LogP contribution in [-0.2, 0) is 6.18 Å². The van der Waals surface area contributed by atoms with Crippen LogP contribution in [0.4, 0.5) is 13.2 Å². The van der Waals surface area contributed by atoms with Gasteiger partial charge in [0.15, 0.2) is 5.78 Å². The van der Waals surface area contributed by atoms with Crippen molar-refractivity contribution in [1.29, 1.82) is 0 Å². The first-order chi connectivity index (χ1) is 14.2. The van der Waals surface area contributed by atoms with Crippen LogP contribution in [-0.4, -0.2) is 40.5 Å². The standard InChI is InChI=1S/C22H26F3N3O2/c1-15(13-28-12-2-9-21(14-28)10-11-21)3-8-18(29)16-4-6-17(7-5-16)19-26-20(30-27-19)22(23,24)25/h4-7,15H,2-3,8-14H2,1H3/t15-/m0/s1. The number of halogens is 3. The molecule has 0 N–H and O–H groups in total. The van der Waals surface area contributed by atoms with Gasteiger partial charge in [-0.05, 0) is 50.0 Å². The molecule has 2 aromatic rings. The smallest absolute Gasteiger partial charge is 0.329 e. The van der Waals surface area contributed by atoms with E-state index in [1.165, 1.54) is 32.2 Å². The second-order valence-corrected chi connectivity index (χ2v) is 8.90. The Kier molecular flexibility index (Phi) is 5.70. The van der Waals surface area contributed by atoms with Gasteiger partial charge in [-0.25, -0.2) is 0 Å². The molecule has 0 bridgehead atoms. The Morgan fingerprint density at radius 2 is 1.97 bits per heavy atom. The predicted octanol–water partition coefficient (Wildman–Crippen LogP) is 5.23. The number of hydrogen-bond acceptors (Lipinski definition) is 5. The molecule has 1 aliphatic carbocycles. The summed E-state index contributed by atoms with van der Waals surface area (Å²) in [6.45, 7) is 5.60. The fraction of sp³-hybridized carbons (Fsp3) is 0.591. The lowest BCUT2D eigenvalue weighted by Crippen LogP contribution is -2.39. The number of likely N-dealkylation sites (tertiary alicyclic amines) is 1. The summed E-state index contributed by atoms with van der Waals surface area (Å²) in [5.74, 6) is -1.05. The fourth-order valence-electron chi connectivity index (χ4n) is 4.37. The van der Waals surface area contributed by atoms with E-state index in [2.05, 4.69) is 26.5 Å². The van der Waals surface area contributed by atoms with Crippen LogP contribution in [0, 0.1) is 11.3 Å². The SMILES string of the molecule is C[C@@H](CCC(=O)c1ccc(-c2noc(C(F)(F)F)n2)cc1)CN1CCCC2(CC2)C1. The third kappa shape index (κ3) is 4.91. The van der Waals surface area contributed by atoms with Crippen LogP contribution in [0.25, 0.3) is 11.4 Å². The summed E-state index contributed by atoms with van der Waals surface area (Å²) < 4.78 is 42.0. The maximum atomic E-state index is 12.6. The van der Waals surface area contributed by atoms with Gasteiger partial charge < -0.3 is 9.42 Å². The Labute approximate surface area is 173 Å². The molecule has 5 nitrogen and oxygen atoms in total. The minimum atomic E-state index is -4.68. The summed E-state index contributed by atoms with van der Waals surface area (Å²) in [6.07, 6.45) is 1.99. The van der Waals surface area contributed by atoms with Crippen LogP contribution < -0.4 is 0 Å². The van der Waals surface area contributed by atoms with Gasteiger partial charge in [-0.3, -0.25) is 4.79 Å². The molecular weight excluding hydrogens is 395 g/mol. The summed E-state index contributed by atoms with van der Waals surface area (Å²) in [4.78, 5) is 18.4. The van der Waals surface area contributed by atoms with Gasteiger partial charge in [0, 0.05) is 30.6 Å². The number of alkyl halides is 3. The summed E-state index contributed by atoms with van der Waals surface area (Å²) in [6, 6.07) is 6.30. The molecule has 1 spiro atoms. The average molecular weight is 421 g/mol. The second kappa shape index (κ2) is 8.13. The first-order valence-corrected chi connectivity index (χ1v) is 10.5. The van der Waals surface area contributed by atoms with Crippen molar-refractivity contribution < 1.29 is 22.5 Å². The van der Waals surface area contributed by atoms with Gasteiger partial charge in [-0.1, -0.05) is 36.3 Å². The van der Waals surface area contributed by atoms with Gasteiger partial charge in [0.1, 0.15) is 0 Å². The monoisotopic (exact) mass is 421 g/mol. The van der Waals surface area contributed by atoms with Crippen molar-refractivity contribution in [2.24, 2.45) is 11.3 Å². The van der Waals surface area contributed by atoms with Crippen molar-refractivity contribution in [2.75, 3.05) is 19.6 Å². The minimum absolute atomic E-state index is 0.0369. The lowest BCUT2D eigenvalue weighted by Gasteiger charge is -2.34. The van der Waals surface area contributed by atoms with E-state index in [9.17, 15) is 18.0 Å². The molecule has 2 fully saturated rings. The van der Waals surface area contributed by atoms with Crippen molar-refractivity contribution in [3.63, 3.8) is 0 Å². The van der Waals surface area contributed by atoms with Crippen molar-refractivity contribution in [2.45, 2.75) is 51.6 Å². The molecule has 1 atom stereocenters. The number of piperidine rings is 1. The van der Waals surface area contributed by atoms with E-state index in [1.807, 2.05) is 0 Å². The van der Waals surface area contributed by atoms with Crippen LogP contribution in [0.2, 0.25) is 0 Å². The molecule has 162 valence electrons. The molecule has 8 heteroatoms. The van der Waals surface area contributed by atoms with Crippen molar-refractivity contribution in [3.05, 3.63) is 35.7 Å². The Bertz CT molecular complexity index is 888. The van der Waals surface area contributed by atoms with Crippen LogP contribution in [0.3, 0.4) is 0 Å². The number of Topliss-reactive ketones (excluding diaryl/α,β-unsaturated/α-hetero) is 1. The number of benzene rings is 1. The first-order valence-electron chi connectivity index (χ1n) is 10.5. The zero-order valence-electron chi connectivity index (χ0n) is 17.0. The third-order valence-corrected chi connectivity index (χ3v) is 6.27. The summed E-state index contributed by atoms with van der Waals surface area (Å²) in [5.41, 5.74) is 1.52. The number of hydrogen-bond donors (Lipinski definition) is 0. The van der Waals surface area contributed by atoms with E-state index in [0.717, 1.165) is 19.5 Å². The molecule has 1 saturated heterocycles. The molecule has 2 heterocycles. The number of ketones is 1. The van der Waals surface area contributed by atoms with Gasteiger partial charge in [0.25, 0.3) is 0 Å². The van der Waals surface area contributed by atoms with Gasteiger partial charge in [-0.15, -0.1) is 0 Å². The van der Waals surface area contributed by atoms with Gasteiger partial charge in [0.05, 0.1) is 0 Å². The average Bonchev–Trinajstić information content (AvgIpc) is 3.24. The van der Waals surface area contributed by atoms with Crippen LogP contribution in [0.15, 0.2) is 28.8 Å². The Hall–Kier alpha value is -2.22. The first kappa shape index (κ1) is 21.0. The minimum Gasteiger partial charge on any atom is -0.329 e. The summed E-state index contributed by atoms with van der Waals surface area (Å²) >= 11 is 0. The lowest BCUT2D eigenvalue weighted by molar-refractivity contribution is -0.159. The Balaban J connectivity index is 1.28. The van der Waals surface area contributed by atoms with E-state index in [4.69, 9.17) is 0 Å². The molecule has 1 aliphatic heterocycles. The van der Waals surface area contributed by atoms with Crippen LogP contribution >= 0.6 is 0 Å². The highest BCUT2D eigenvalue weighted by Gasteiger charge is 2.45. The van der Waals surface area contributed by atoms with Crippen molar-refractivity contribution in [3.8, 4) is 11.4 Å². The lowest BCUT2D eigenvalue weighted by atomic mass is 9.93. The molecule has 2 aliphatic rings. The van der Waals surface area contributed by atoms with E-state index >= 15 is 0 Å². The number of aromatic nitrogens is 2. The molecule has 1 aromatic carbocycles. The topological polar surface area (TPSA) is 59.2 Å². The van der Waals surface area contributed by atoms with E-state index in [0.29, 0.717) is 28.9 Å². The maximum Gasteiger partial charge on any atom is 0.471 e. The predicted molar refractivity (Wildman–Crippen MR) is 105 cm³/mol. The van der Waals surface area contributed by atoms with Crippen molar-refractivity contribution >= 4 is 5.78 Å². The molecule has 1 saturated carbocycles. The van der Waals surface area contributed by atoms with E-state index in [-0.39, 0.29) is 11.6 Å².